The standard InChI is InChI=1S/C16H20N4OS.2ClH/c17-11-4-6-12(7-5-11)19-15(21)9-13-10-22-16(20-13)14-3-1-2-8-18-14;;/h1-3,8,10-12H,4-7,9,17H2,(H,19,21);2*1H. The number of hydrogen-bond donors (Lipinski definition) is 2. The first-order chi connectivity index (χ1) is 10.7. The Bertz CT molecular complexity index is 630. The van der Waals surface area contributed by atoms with Crippen molar-refractivity contribution in [1.29, 1.82) is 0 Å². The van der Waals surface area contributed by atoms with Gasteiger partial charge in [0.25, 0.3) is 0 Å². The molecule has 5 nitrogen and oxygen atoms in total. The van der Waals surface area contributed by atoms with Gasteiger partial charge in [0.15, 0.2) is 0 Å². The number of nitrogens with one attached hydrogen (secondary N) is 1. The van der Waals surface area contributed by atoms with Crippen molar-refractivity contribution in [2.24, 2.45) is 5.73 Å². The molecule has 0 bridgehead atoms. The van der Waals surface area contributed by atoms with Crippen LogP contribution in [0, 0.1) is 0 Å². The highest BCUT2D eigenvalue weighted by Gasteiger charge is 2.20. The van der Waals surface area contributed by atoms with Crippen molar-refractivity contribution in [3.05, 3.63) is 35.5 Å². The summed E-state index contributed by atoms with van der Waals surface area (Å²) in [6.07, 6.45) is 6.01. The van der Waals surface area contributed by atoms with Crippen molar-refractivity contribution >= 4 is 42.1 Å². The van der Waals surface area contributed by atoms with Gasteiger partial charge in [-0.3, -0.25) is 9.78 Å². The van der Waals surface area contributed by atoms with Crippen LogP contribution in [0.3, 0.4) is 0 Å². The summed E-state index contributed by atoms with van der Waals surface area (Å²) in [5, 5.41) is 5.88. The Labute approximate surface area is 158 Å². The molecule has 2 aromatic rings. The summed E-state index contributed by atoms with van der Waals surface area (Å²) >= 11 is 1.52. The maximum atomic E-state index is 12.1. The first kappa shape index (κ1) is 20.8. The maximum Gasteiger partial charge on any atom is 0.226 e. The number of aromatic nitrogens is 2. The number of nitrogens with zero attached hydrogens (tertiary/aromatic N) is 2. The van der Waals surface area contributed by atoms with Crippen LogP contribution in [0.4, 0.5) is 0 Å². The molecule has 0 aromatic carbocycles. The fourth-order valence-corrected chi connectivity index (χ4v) is 3.50. The van der Waals surface area contributed by atoms with E-state index in [2.05, 4.69) is 15.3 Å². The van der Waals surface area contributed by atoms with Crippen molar-refractivity contribution in [3.8, 4) is 10.7 Å². The van der Waals surface area contributed by atoms with Crippen LogP contribution in [0.5, 0.6) is 0 Å². The highest BCUT2D eigenvalue weighted by atomic mass is 35.5. The van der Waals surface area contributed by atoms with Gasteiger partial charge in [0.05, 0.1) is 17.8 Å². The topological polar surface area (TPSA) is 80.9 Å². The molecule has 0 spiro atoms. The lowest BCUT2D eigenvalue weighted by Gasteiger charge is -2.26. The molecule has 24 heavy (non-hydrogen) atoms. The third kappa shape index (κ3) is 5.70. The molecule has 0 atom stereocenters. The summed E-state index contributed by atoms with van der Waals surface area (Å²) in [6, 6.07) is 6.30. The summed E-state index contributed by atoms with van der Waals surface area (Å²) < 4.78 is 0. The molecule has 1 fully saturated rings. The molecule has 1 aliphatic carbocycles. The second kappa shape index (κ2) is 9.93. The average Bonchev–Trinajstić information content (AvgIpc) is 2.99. The number of carbonyl (C=O) groups excluding carboxylic acids is 1. The molecule has 3 N–H and O–H groups in total. The number of pyridine rings is 1. The van der Waals surface area contributed by atoms with E-state index in [1.807, 2.05) is 23.6 Å². The van der Waals surface area contributed by atoms with Crippen molar-refractivity contribution < 1.29 is 4.79 Å². The van der Waals surface area contributed by atoms with Crippen molar-refractivity contribution in [3.63, 3.8) is 0 Å². The molecule has 3 rings (SSSR count). The van der Waals surface area contributed by atoms with Crippen LogP contribution in [0.2, 0.25) is 0 Å². The number of rotatable bonds is 4. The Morgan fingerprint density at radius 2 is 2.00 bits per heavy atom. The number of thiazole rings is 1. The van der Waals surface area contributed by atoms with Crippen LogP contribution >= 0.6 is 36.2 Å². The highest BCUT2D eigenvalue weighted by Crippen LogP contribution is 2.22. The normalized spacial score (nSPS) is 19.7. The fraction of sp³-hybridized carbons (Fsp3) is 0.438. The highest BCUT2D eigenvalue weighted by molar-refractivity contribution is 7.13. The largest absolute Gasteiger partial charge is 0.353 e. The Morgan fingerprint density at radius 3 is 2.67 bits per heavy atom. The van der Waals surface area contributed by atoms with Gasteiger partial charge in [-0.15, -0.1) is 36.2 Å². The van der Waals surface area contributed by atoms with E-state index in [1.165, 1.54) is 11.3 Å². The quantitative estimate of drug-likeness (QED) is 0.843. The van der Waals surface area contributed by atoms with Gasteiger partial charge in [-0.1, -0.05) is 6.07 Å². The van der Waals surface area contributed by atoms with Crippen molar-refractivity contribution in [2.75, 3.05) is 0 Å². The van der Waals surface area contributed by atoms with Gasteiger partial charge >= 0.3 is 0 Å². The summed E-state index contributed by atoms with van der Waals surface area (Å²) in [7, 11) is 0. The predicted molar refractivity (Wildman–Crippen MR) is 102 cm³/mol. The van der Waals surface area contributed by atoms with Crippen LogP contribution in [0.25, 0.3) is 10.7 Å². The van der Waals surface area contributed by atoms with Gasteiger partial charge in [-0.2, -0.15) is 0 Å². The van der Waals surface area contributed by atoms with E-state index in [0.29, 0.717) is 12.5 Å². The van der Waals surface area contributed by atoms with E-state index in [9.17, 15) is 4.79 Å². The zero-order valence-electron chi connectivity index (χ0n) is 13.2. The fourth-order valence-electron chi connectivity index (χ4n) is 2.70. The second-order valence-corrected chi connectivity index (χ2v) is 6.57. The molecule has 2 heterocycles. The first-order valence-electron chi connectivity index (χ1n) is 7.61. The smallest absolute Gasteiger partial charge is 0.226 e. The van der Waals surface area contributed by atoms with Gasteiger partial charge in [0.2, 0.25) is 5.91 Å². The van der Waals surface area contributed by atoms with Crippen LogP contribution in [0.15, 0.2) is 29.8 Å². The average molecular weight is 389 g/mol. The Hall–Kier alpha value is -1.21. The van der Waals surface area contributed by atoms with Crippen LogP contribution in [-0.2, 0) is 11.2 Å². The molecule has 132 valence electrons. The lowest BCUT2D eigenvalue weighted by molar-refractivity contribution is -0.121. The van der Waals surface area contributed by atoms with Gasteiger partial charge in [0.1, 0.15) is 5.01 Å². The van der Waals surface area contributed by atoms with E-state index in [-0.39, 0.29) is 36.8 Å². The minimum atomic E-state index is 0. The third-order valence-corrected chi connectivity index (χ3v) is 4.83. The van der Waals surface area contributed by atoms with Gasteiger partial charge in [0, 0.05) is 23.7 Å². The van der Waals surface area contributed by atoms with Crippen LogP contribution < -0.4 is 11.1 Å². The lowest BCUT2D eigenvalue weighted by Crippen LogP contribution is -2.41. The number of hydrogen-bond acceptors (Lipinski definition) is 5. The predicted octanol–water partition coefficient (Wildman–Crippen LogP) is 2.98. The van der Waals surface area contributed by atoms with E-state index in [1.54, 1.807) is 6.20 Å². The Balaban J connectivity index is 0.00000144. The second-order valence-electron chi connectivity index (χ2n) is 5.71. The van der Waals surface area contributed by atoms with Gasteiger partial charge in [-0.05, 0) is 37.8 Å². The number of halogens is 2. The minimum Gasteiger partial charge on any atom is -0.353 e. The minimum absolute atomic E-state index is 0. The zero-order valence-corrected chi connectivity index (χ0v) is 15.6. The van der Waals surface area contributed by atoms with E-state index < -0.39 is 0 Å². The molecule has 1 aliphatic rings. The van der Waals surface area contributed by atoms with E-state index >= 15 is 0 Å². The summed E-state index contributed by atoms with van der Waals surface area (Å²) in [5.41, 5.74) is 7.53. The first-order valence-corrected chi connectivity index (χ1v) is 8.49. The SMILES string of the molecule is Cl.Cl.NC1CCC(NC(=O)Cc2csc(-c3ccccn3)n2)CC1. The Morgan fingerprint density at radius 1 is 1.25 bits per heavy atom. The third-order valence-electron chi connectivity index (χ3n) is 3.91. The summed E-state index contributed by atoms with van der Waals surface area (Å²) in [6.45, 7) is 0. The molecule has 1 saturated carbocycles. The number of nitrogens with two attached hydrogens (primary N) is 1. The molecule has 2 aromatic heterocycles. The molecule has 0 aliphatic heterocycles. The lowest BCUT2D eigenvalue weighted by atomic mass is 9.92. The Kier molecular flexibility index (Phi) is 8.62. The van der Waals surface area contributed by atoms with Crippen LogP contribution in [-0.4, -0.2) is 28.0 Å². The van der Waals surface area contributed by atoms with Gasteiger partial charge in [-0.25, -0.2) is 4.98 Å². The molecule has 0 radical (unpaired) electrons. The van der Waals surface area contributed by atoms with E-state index in [0.717, 1.165) is 42.1 Å². The van der Waals surface area contributed by atoms with E-state index in [4.69, 9.17) is 5.73 Å². The van der Waals surface area contributed by atoms with Crippen molar-refractivity contribution in [1.82, 2.24) is 15.3 Å². The molecule has 8 heteroatoms. The summed E-state index contributed by atoms with van der Waals surface area (Å²) in [4.78, 5) is 20.9. The molecule has 1 amide bonds. The van der Waals surface area contributed by atoms with Crippen molar-refractivity contribution in [2.45, 2.75) is 44.2 Å². The monoisotopic (exact) mass is 388 g/mol. The molecule has 0 saturated heterocycles. The van der Waals surface area contributed by atoms with Gasteiger partial charge < -0.3 is 11.1 Å². The molecular weight excluding hydrogens is 367 g/mol. The molecule has 0 unspecified atom stereocenters. The summed E-state index contributed by atoms with van der Waals surface area (Å²) in [5.74, 6) is 0.0401. The number of amides is 1. The zero-order chi connectivity index (χ0) is 15.4. The number of carbonyl (C=O) groups is 1. The molecular formula is C16H22Cl2N4OS. The van der Waals surface area contributed by atoms with Crippen LogP contribution in [0.1, 0.15) is 31.4 Å². The maximum absolute atomic E-state index is 12.1.